The van der Waals surface area contributed by atoms with Crippen molar-refractivity contribution in [3.05, 3.63) is 0 Å². The summed E-state index contributed by atoms with van der Waals surface area (Å²) in [4.78, 5) is 13.3. The molecule has 0 heterocycles. The van der Waals surface area contributed by atoms with Crippen molar-refractivity contribution in [1.82, 2.24) is 0 Å². The van der Waals surface area contributed by atoms with Gasteiger partial charge in [-0.2, -0.15) is 4.99 Å². The summed E-state index contributed by atoms with van der Waals surface area (Å²) in [6, 6.07) is 0. The Morgan fingerprint density at radius 3 is 3.00 bits per heavy atom. The lowest BCUT2D eigenvalue weighted by Gasteiger charge is -1.91. The molecule has 9 heavy (non-hydrogen) atoms. The van der Waals surface area contributed by atoms with Crippen LogP contribution in [0.25, 0.3) is 0 Å². The molecule has 0 aromatic carbocycles. The summed E-state index contributed by atoms with van der Waals surface area (Å²) in [6.45, 7) is 1.43. The molecule has 1 amide bonds. The third-order valence-corrected chi connectivity index (χ3v) is 0.518. The Hall–Kier alpha value is -0.900. The molecule has 0 saturated carbocycles. The maximum Gasteiger partial charge on any atom is 0.245 e. The fourth-order valence-electron chi connectivity index (χ4n) is 0.217. The van der Waals surface area contributed by atoms with Crippen LogP contribution in [0.4, 0.5) is 0 Å². The Labute approximate surface area is 53.2 Å². The average Bonchev–Trinajstić information content (AvgIpc) is 1.80. The van der Waals surface area contributed by atoms with Crippen molar-refractivity contribution in [3.8, 4) is 0 Å². The number of hydrogen-bond acceptors (Lipinski definition) is 3. The molecule has 52 valence electrons. The van der Waals surface area contributed by atoms with Crippen LogP contribution in [0.2, 0.25) is 0 Å². The monoisotopic (exact) mass is 131 g/mol. The van der Waals surface area contributed by atoms with Crippen molar-refractivity contribution in [3.63, 3.8) is 0 Å². The lowest BCUT2D eigenvalue weighted by molar-refractivity contribution is -0.115. The van der Waals surface area contributed by atoms with Crippen molar-refractivity contribution in [2.75, 3.05) is 13.2 Å². The zero-order chi connectivity index (χ0) is 7.11. The van der Waals surface area contributed by atoms with Crippen LogP contribution in [0.15, 0.2) is 4.99 Å². The normalized spacial score (nSPS) is 10.0. The van der Waals surface area contributed by atoms with E-state index in [-0.39, 0.29) is 19.1 Å². The van der Waals surface area contributed by atoms with Crippen LogP contribution < -0.4 is 0 Å². The number of hydrogen-bond donors (Lipinski definition) is 1. The van der Waals surface area contributed by atoms with Gasteiger partial charge in [0.15, 0.2) is 6.40 Å². The maximum atomic E-state index is 10.1. The average molecular weight is 131 g/mol. The third kappa shape index (κ3) is 7.10. The molecule has 0 unspecified atom stereocenters. The van der Waals surface area contributed by atoms with E-state index in [9.17, 15) is 4.79 Å². The van der Waals surface area contributed by atoms with Crippen molar-refractivity contribution in [1.29, 1.82) is 0 Å². The largest absolute Gasteiger partial charge is 0.481 e. The molecule has 0 radical (unpaired) electrons. The van der Waals surface area contributed by atoms with E-state index in [4.69, 9.17) is 5.11 Å². The Morgan fingerprint density at radius 2 is 2.56 bits per heavy atom. The van der Waals surface area contributed by atoms with E-state index in [0.717, 1.165) is 6.40 Å². The van der Waals surface area contributed by atoms with Gasteiger partial charge in [-0.15, -0.1) is 0 Å². The van der Waals surface area contributed by atoms with E-state index < -0.39 is 0 Å². The summed E-state index contributed by atoms with van der Waals surface area (Å²) in [5.41, 5.74) is 0. The number of ether oxygens (including phenoxy) is 1. The third-order valence-electron chi connectivity index (χ3n) is 0.518. The second kappa shape index (κ2) is 5.24. The van der Waals surface area contributed by atoms with Gasteiger partial charge < -0.3 is 9.84 Å². The summed E-state index contributed by atoms with van der Waals surface area (Å²) < 4.78 is 4.53. The molecule has 4 nitrogen and oxygen atoms in total. The molecule has 0 spiro atoms. The van der Waals surface area contributed by atoms with Crippen LogP contribution in [0, 0.1) is 0 Å². The minimum atomic E-state index is -0.312. The molecule has 0 saturated heterocycles. The number of carbonyl (C=O) groups excluding carboxylic acids is 1. The lowest BCUT2D eigenvalue weighted by atomic mass is 10.7. The highest BCUT2D eigenvalue weighted by Gasteiger charge is 1.80. The number of aliphatic imine (C=N–C) groups is 1. The first-order chi connectivity index (χ1) is 4.27. The second-order valence-electron chi connectivity index (χ2n) is 1.35. The highest BCUT2D eigenvalue weighted by atomic mass is 16.5. The number of aliphatic hydroxyl groups excluding tert-OH is 1. The van der Waals surface area contributed by atoms with E-state index >= 15 is 0 Å². The Bertz CT molecular complexity index is 111. The van der Waals surface area contributed by atoms with E-state index in [1.54, 1.807) is 0 Å². The molecule has 0 bridgehead atoms. The van der Waals surface area contributed by atoms with Gasteiger partial charge in [0.2, 0.25) is 5.91 Å². The van der Waals surface area contributed by atoms with Gasteiger partial charge in [-0.05, 0) is 0 Å². The molecular weight excluding hydrogens is 122 g/mol. The lowest BCUT2D eigenvalue weighted by Crippen LogP contribution is -1.97. The summed E-state index contributed by atoms with van der Waals surface area (Å²) in [7, 11) is 0. The molecule has 4 heteroatoms. The van der Waals surface area contributed by atoms with Crippen molar-refractivity contribution >= 4 is 12.3 Å². The van der Waals surface area contributed by atoms with E-state index in [1.165, 1.54) is 6.92 Å². The van der Waals surface area contributed by atoms with Crippen LogP contribution in [0.5, 0.6) is 0 Å². The first kappa shape index (κ1) is 8.10. The molecule has 0 rings (SSSR count). The molecule has 1 N–H and O–H groups in total. The van der Waals surface area contributed by atoms with Crippen LogP contribution in [0.3, 0.4) is 0 Å². The zero-order valence-electron chi connectivity index (χ0n) is 5.20. The first-order valence-electron chi connectivity index (χ1n) is 2.53. The summed E-state index contributed by atoms with van der Waals surface area (Å²) >= 11 is 0. The van der Waals surface area contributed by atoms with Gasteiger partial charge in [0.05, 0.1) is 6.61 Å². The number of amides is 1. The van der Waals surface area contributed by atoms with Gasteiger partial charge in [-0.3, -0.25) is 4.79 Å². The van der Waals surface area contributed by atoms with Crippen LogP contribution in [-0.4, -0.2) is 30.6 Å². The number of aliphatic hydroxyl groups is 1. The van der Waals surface area contributed by atoms with E-state index in [2.05, 4.69) is 9.73 Å². The van der Waals surface area contributed by atoms with Gasteiger partial charge in [0.25, 0.3) is 0 Å². The van der Waals surface area contributed by atoms with Crippen LogP contribution in [0.1, 0.15) is 6.92 Å². The van der Waals surface area contributed by atoms with Crippen molar-refractivity contribution in [2.24, 2.45) is 4.99 Å². The molecule has 0 fully saturated rings. The van der Waals surface area contributed by atoms with Gasteiger partial charge in [-0.1, -0.05) is 0 Å². The predicted molar refractivity (Wildman–Crippen MR) is 32.2 cm³/mol. The minimum Gasteiger partial charge on any atom is -0.481 e. The molecule has 0 aromatic heterocycles. The molecule has 0 aliphatic carbocycles. The van der Waals surface area contributed by atoms with Crippen LogP contribution >= 0.6 is 0 Å². The van der Waals surface area contributed by atoms with Gasteiger partial charge in [-0.25, -0.2) is 0 Å². The quantitative estimate of drug-likeness (QED) is 0.321. The Morgan fingerprint density at radius 1 is 1.89 bits per heavy atom. The summed E-state index contributed by atoms with van der Waals surface area (Å²) in [6.07, 6.45) is 1.03. The highest BCUT2D eigenvalue weighted by Crippen LogP contribution is 1.70. The topological polar surface area (TPSA) is 58.9 Å². The molecule has 0 aromatic rings. The number of rotatable bonds is 3. The highest BCUT2D eigenvalue weighted by molar-refractivity contribution is 5.80. The molecule has 0 atom stereocenters. The van der Waals surface area contributed by atoms with E-state index in [0.29, 0.717) is 0 Å². The molecular formula is C5H9NO3. The zero-order valence-corrected chi connectivity index (χ0v) is 5.20. The first-order valence-corrected chi connectivity index (χ1v) is 2.53. The van der Waals surface area contributed by atoms with Crippen molar-refractivity contribution in [2.45, 2.75) is 6.92 Å². The summed E-state index contributed by atoms with van der Waals surface area (Å²) in [5, 5.41) is 8.16. The summed E-state index contributed by atoms with van der Waals surface area (Å²) in [5.74, 6) is -0.312. The van der Waals surface area contributed by atoms with E-state index in [1.807, 2.05) is 0 Å². The number of nitrogens with zero attached hydrogens (tertiary/aromatic N) is 1. The Kier molecular flexibility index (Phi) is 4.72. The smallest absolute Gasteiger partial charge is 0.245 e. The predicted octanol–water partition coefficient (Wildman–Crippen LogP) is -0.430. The van der Waals surface area contributed by atoms with Crippen molar-refractivity contribution < 1.29 is 14.6 Å². The van der Waals surface area contributed by atoms with Gasteiger partial charge >= 0.3 is 0 Å². The van der Waals surface area contributed by atoms with Crippen LogP contribution in [-0.2, 0) is 9.53 Å². The fraction of sp³-hybridized carbons (Fsp3) is 0.600. The second-order valence-corrected chi connectivity index (χ2v) is 1.35. The maximum absolute atomic E-state index is 10.1. The fourth-order valence-corrected chi connectivity index (χ4v) is 0.217. The molecule has 0 aliphatic rings. The Balaban J connectivity index is 3.15. The molecule has 0 aliphatic heterocycles. The number of carbonyl (C=O) groups is 1. The minimum absolute atomic E-state index is 0.0656. The van der Waals surface area contributed by atoms with Gasteiger partial charge in [0.1, 0.15) is 6.61 Å². The van der Waals surface area contributed by atoms with Gasteiger partial charge in [0, 0.05) is 6.92 Å². The standard InChI is InChI=1S/C5H9NO3/c1-5(8)6-4-9-3-2-7/h4,7H,2-3H2,1H3. The SMILES string of the molecule is CC(=O)N=COCCO.